The molecule has 0 radical (unpaired) electrons. The molecule has 1 aromatic carbocycles. The standard InChI is InChI=1S/C17H24BrNO3/c1-11(16(22-2)12-3-7-14(18)8-4-12)19-15-9-5-13(6-10-15)17(20)21/h3-4,7-8,11,13,15-16,19H,5-6,9-10H2,1-2H3,(H,20,21). The van der Waals surface area contributed by atoms with Crippen molar-refractivity contribution in [2.75, 3.05) is 7.11 Å². The fourth-order valence-corrected chi connectivity index (χ4v) is 3.51. The van der Waals surface area contributed by atoms with Crippen LogP contribution in [0.15, 0.2) is 28.7 Å². The van der Waals surface area contributed by atoms with Gasteiger partial charge in [0.15, 0.2) is 0 Å². The average Bonchev–Trinajstić information content (AvgIpc) is 2.50. The largest absolute Gasteiger partial charge is 0.481 e. The van der Waals surface area contributed by atoms with E-state index in [1.54, 1.807) is 7.11 Å². The molecule has 0 saturated heterocycles. The molecule has 4 nitrogen and oxygen atoms in total. The summed E-state index contributed by atoms with van der Waals surface area (Å²) < 4.78 is 6.72. The number of hydrogen-bond acceptors (Lipinski definition) is 3. The van der Waals surface area contributed by atoms with Gasteiger partial charge in [-0.3, -0.25) is 4.79 Å². The monoisotopic (exact) mass is 369 g/mol. The van der Waals surface area contributed by atoms with Gasteiger partial charge in [-0.25, -0.2) is 0 Å². The summed E-state index contributed by atoms with van der Waals surface area (Å²) in [5, 5.41) is 12.7. The molecule has 1 fully saturated rings. The quantitative estimate of drug-likeness (QED) is 0.801. The van der Waals surface area contributed by atoms with Gasteiger partial charge in [-0.1, -0.05) is 28.1 Å². The number of aliphatic carboxylic acids is 1. The molecule has 1 aliphatic carbocycles. The molecular formula is C17H24BrNO3. The highest BCUT2D eigenvalue weighted by Gasteiger charge is 2.28. The van der Waals surface area contributed by atoms with Gasteiger partial charge in [-0.2, -0.15) is 0 Å². The lowest BCUT2D eigenvalue weighted by Crippen LogP contribution is -2.43. The molecule has 2 rings (SSSR count). The van der Waals surface area contributed by atoms with Crippen LogP contribution < -0.4 is 5.32 Å². The Hall–Kier alpha value is -0.910. The molecule has 1 saturated carbocycles. The summed E-state index contributed by atoms with van der Waals surface area (Å²) in [4.78, 5) is 11.0. The minimum absolute atomic E-state index is 0.00898. The SMILES string of the molecule is COC(c1ccc(Br)cc1)C(C)NC1CCC(C(=O)O)CC1. The fraction of sp³-hybridized carbons (Fsp3) is 0.588. The Kier molecular flexibility index (Phi) is 6.41. The van der Waals surface area contributed by atoms with Crippen LogP contribution in [0.3, 0.4) is 0 Å². The summed E-state index contributed by atoms with van der Waals surface area (Å²) in [6, 6.07) is 8.73. The van der Waals surface area contributed by atoms with Crippen LogP contribution in [0.4, 0.5) is 0 Å². The second-order valence-electron chi connectivity index (χ2n) is 6.05. The number of carboxylic acid groups (broad SMARTS) is 1. The first kappa shape index (κ1) is 17.4. The van der Waals surface area contributed by atoms with Gasteiger partial charge >= 0.3 is 5.97 Å². The van der Waals surface area contributed by atoms with Gasteiger partial charge in [0.2, 0.25) is 0 Å². The lowest BCUT2D eigenvalue weighted by atomic mass is 9.85. The zero-order valence-corrected chi connectivity index (χ0v) is 14.7. The molecule has 1 aromatic rings. The van der Waals surface area contributed by atoms with E-state index in [4.69, 9.17) is 9.84 Å². The summed E-state index contributed by atoms with van der Waals surface area (Å²) in [7, 11) is 1.73. The smallest absolute Gasteiger partial charge is 0.306 e. The summed E-state index contributed by atoms with van der Waals surface area (Å²) in [5.41, 5.74) is 1.14. The summed E-state index contributed by atoms with van der Waals surface area (Å²) in [6.45, 7) is 2.12. The van der Waals surface area contributed by atoms with Crippen LogP contribution in [0.2, 0.25) is 0 Å². The molecule has 0 heterocycles. The molecule has 0 amide bonds. The average molecular weight is 370 g/mol. The highest BCUT2D eigenvalue weighted by Crippen LogP contribution is 2.27. The molecule has 5 heteroatoms. The third kappa shape index (κ3) is 4.54. The highest BCUT2D eigenvalue weighted by molar-refractivity contribution is 9.10. The third-order valence-corrected chi connectivity index (χ3v) is 5.01. The zero-order valence-electron chi connectivity index (χ0n) is 13.1. The van der Waals surface area contributed by atoms with Crippen LogP contribution in [0.5, 0.6) is 0 Å². The van der Waals surface area contributed by atoms with E-state index in [1.165, 1.54) is 0 Å². The van der Waals surface area contributed by atoms with Gasteiger partial charge < -0.3 is 15.2 Å². The molecule has 2 unspecified atom stereocenters. The van der Waals surface area contributed by atoms with E-state index in [0.29, 0.717) is 6.04 Å². The summed E-state index contributed by atoms with van der Waals surface area (Å²) in [5.74, 6) is -0.825. The van der Waals surface area contributed by atoms with Crippen molar-refractivity contribution in [3.8, 4) is 0 Å². The Morgan fingerprint density at radius 2 is 1.86 bits per heavy atom. The van der Waals surface area contributed by atoms with E-state index in [2.05, 4.69) is 40.3 Å². The molecule has 0 spiro atoms. The van der Waals surface area contributed by atoms with Gasteiger partial charge in [0, 0.05) is 23.7 Å². The van der Waals surface area contributed by atoms with Gasteiger partial charge in [-0.05, 0) is 50.3 Å². The van der Waals surface area contributed by atoms with Crippen molar-refractivity contribution in [3.63, 3.8) is 0 Å². The second kappa shape index (κ2) is 8.09. The lowest BCUT2D eigenvalue weighted by molar-refractivity contribution is -0.142. The minimum atomic E-state index is -0.656. The molecule has 22 heavy (non-hydrogen) atoms. The van der Waals surface area contributed by atoms with E-state index in [0.717, 1.165) is 35.7 Å². The third-order valence-electron chi connectivity index (χ3n) is 4.48. The van der Waals surface area contributed by atoms with Crippen LogP contribution in [0, 0.1) is 5.92 Å². The lowest BCUT2D eigenvalue weighted by Gasteiger charge is -2.32. The maximum Gasteiger partial charge on any atom is 0.306 e. The topological polar surface area (TPSA) is 58.6 Å². The molecule has 122 valence electrons. The van der Waals surface area contributed by atoms with Gasteiger partial charge in [0.25, 0.3) is 0 Å². The number of nitrogens with one attached hydrogen (secondary N) is 1. The molecule has 0 aliphatic heterocycles. The predicted molar refractivity (Wildman–Crippen MR) is 89.9 cm³/mol. The van der Waals surface area contributed by atoms with E-state index >= 15 is 0 Å². The van der Waals surface area contributed by atoms with E-state index in [-0.39, 0.29) is 18.1 Å². The number of rotatable bonds is 6. The van der Waals surface area contributed by atoms with Crippen molar-refractivity contribution < 1.29 is 14.6 Å². The Morgan fingerprint density at radius 3 is 2.36 bits per heavy atom. The Balaban J connectivity index is 1.91. The first-order valence-electron chi connectivity index (χ1n) is 7.78. The number of halogens is 1. The number of hydrogen-bond donors (Lipinski definition) is 2. The van der Waals surface area contributed by atoms with Crippen LogP contribution in [-0.4, -0.2) is 30.3 Å². The number of benzene rings is 1. The van der Waals surface area contributed by atoms with E-state index in [1.807, 2.05) is 12.1 Å². The van der Waals surface area contributed by atoms with Crippen LogP contribution in [0.1, 0.15) is 44.3 Å². The first-order valence-corrected chi connectivity index (χ1v) is 8.57. The van der Waals surface area contributed by atoms with Crippen LogP contribution in [-0.2, 0) is 9.53 Å². The number of ether oxygens (including phenoxy) is 1. The fourth-order valence-electron chi connectivity index (χ4n) is 3.25. The Labute approximate surface area is 140 Å². The first-order chi connectivity index (χ1) is 10.5. The maximum absolute atomic E-state index is 11.0. The van der Waals surface area contributed by atoms with Crippen molar-refractivity contribution in [3.05, 3.63) is 34.3 Å². The Morgan fingerprint density at radius 1 is 1.27 bits per heavy atom. The molecule has 2 atom stereocenters. The van der Waals surface area contributed by atoms with Crippen molar-refractivity contribution >= 4 is 21.9 Å². The number of carboxylic acids is 1. The van der Waals surface area contributed by atoms with E-state index < -0.39 is 5.97 Å². The van der Waals surface area contributed by atoms with Crippen molar-refractivity contribution in [1.82, 2.24) is 5.32 Å². The molecule has 1 aliphatic rings. The molecule has 0 aromatic heterocycles. The Bertz CT molecular complexity index is 483. The van der Waals surface area contributed by atoms with Crippen molar-refractivity contribution in [2.45, 2.75) is 50.8 Å². The molecular weight excluding hydrogens is 346 g/mol. The van der Waals surface area contributed by atoms with Gasteiger partial charge in [-0.15, -0.1) is 0 Å². The molecule has 2 N–H and O–H groups in total. The zero-order chi connectivity index (χ0) is 16.1. The van der Waals surface area contributed by atoms with Gasteiger partial charge in [0.05, 0.1) is 12.0 Å². The second-order valence-corrected chi connectivity index (χ2v) is 6.97. The normalized spacial score (nSPS) is 24.7. The number of carbonyl (C=O) groups is 1. The molecule has 0 bridgehead atoms. The van der Waals surface area contributed by atoms with E-state index in [9.17, 15) is 4.79 Å². The number of methoxy groups -OCH3 is 1. The summed E-state index contributed by atoms with van der Waals surface area (Å²) >= 11 is 3.45. The van der Waals surface area contributed by atoms with Crippen LogP contribution in [0.25, 0.3) is 0 Å². The van der Waals surface area contributed by atoms with Gasteiger partial charge in [0.1, 0.15) is 0 Å². The van der Waals surface area contributed by atoms with Crippen molar-refractivity contribution in [1.29, 1.82) is 0 Å². The van der Waals surface area contributed by atoms with Crippen molar-refractivity contribution in [2.24, 2.45) is 5.92 Å². The highest BCUT2D eigenvalue weighted by atomic mass is 79.9. The van der Waals surface area contributed by atoms with Crippen LogP contribution >= 0.6 is 15.9 Å². The minimum Gasteiger partial charge on any atom is -0.481 e. The summed E-state index contributed by atoms with van der Waals surface area (Å²) in [6.07, 6.45) is 3.34. The predicted octanol–water partition coefficient (Wildman–Crippen LogP) is 3.76. The maximum atomic E-state index is 11.0.